The number of pyridine rings is 1. The van der Waals surface area contributed by atoms with Crippen molar-refractivity contribution in [3.63, 3.8) is 0 Å². The van der Waals surface area contributed by atoms with Crippen LogP contribution in [0.3, 0.4) is 0 Å². The molecular formula is C19H18F4N4O4S. The first-order chi connectivity index (χ1) is 14.7. The lowest BCUT2D eigenvalue weighted by Crippen LogP contribution is -2.35. The van der Waals surface area contributed by atoms with E-state index in [0.717, 1.165) is 18.2 Å². The summed E-state index contributed by atoms with van der Waals surface area (Å²) in [6.45, 7) is 1.06. The number of alkyl halides is 3. The summed E-state index contributed by atoms with van der Waals surface area (Å²) in [5, 5.41) is 19.7. The largest absolute Gasteiger partial charge is 0.573 e. The van der Waals surface area contributed by atoms with E-state index in [2.05, 4.69) is 14.8 Å². The number of hydrogen-bond donors (Lipinski definition) is 2. The van der Waals surface area contributed by atoms with Crippen LogP contribution in [-0.2, 0) is 22.2 Å². The SMILES string of the molecule is CC(O)(CS(N)(=O)=O)c1cccc(-c2ccn(Cc3cc(OC(F)(F)F)ccc3F)n2)n1. The van der Waals surface area contributed by atoms with Crippen molar-refractivity contribution in [3.05, 3.63) is 65.7 Å². The maximum Gasteiger partial charge on any atom is 0.573 e. The molecule has 1 aromatic carbocycles. The molecule has 0 aliphatic carbocycles. The third-order valence-electron chi connectivity index (χ3n) is 4.27. The number of halogens is 4. The van der Waals surface area contributed by atoms with Gasteiger partial charge in [0.1, 0.15) is 22.9 Å². The maximum atomic E-state index is 14.1. The fourth-order valence-corrected chi connectivity index (χ4v) is 3.90. The minimum Gasteiger partial charge on any atom is -0.406 e. The van der Waals surface area contributed by atoms with Crippen molar-refractivity contribution < 1.29 is 35.8 Å². The number of sulfonamides is 1. The topological polar surface area (TPSA) is 120 Å². The van der Waals surface area contributed by atoms with Crippen LogP contribution in [0.1, 0.15) is 18.2 Å². The first-order valence-corrected chi connectivity index (χ1v) is 10.7. The van der Waals surface area contributed by atoms with Crippen molar-refractivity contribution in [3.8, 4) is 17.1 Å². The van der Waals surface area contributed by atoms with Crippen LogP contribution in [0, 0.1) is 5.82 Å². The molecule has 2 heterocycles. The van der Waals surface area contributed by atoms with Gasteiger partial charge in [0, 0.05) is 11.8 Å². The number of ether oxygens (including phenoxy) is 1. The highest BCUT2D eigenvalue weighted by molar-refractivity contribution is 7.89. The number of nitrogens with zero attached hydrogens (tertiary/aromatic N) is 3. The Hall–Kier alpha value is -3.03. The predicted octanol–water partition coefficient (Wildman–Crippen LogP) is 2.53. The monoisotopic (exact) mass is 474 g/mol. The molecular weight excluding hydrogens is 456 g/mol. The molecule has 8 nitrogen and oxygen atoms in total. The standard InChI is InChI=1S/C19H18F4N4O4S/c1-18(28,11-32(24,29)30)17-4-2-3-15(25-17)16-7-8-27(26-16)10-12-9-13(5-6-14(12)20)31-19(21,22)23/h2-9,28H,10-11H2,1H3,(H2,24,29,30). The number of aromatic nitrogens is 3. The van der Waals surface area contributed by atoms with E-state index in [1.165, 1.54) is 36.0 Å². The van der Waals surface area contributed by atoms with Gasteiger partial charge in [0.2, 0.25) is 10.0 Å². The van der Waals surface area contributed by atoms with E-state index < -0.39 is 39.3 Å². The highest BCUT2D eigenvalue weighted by Gasteiger charge is 2.32. The molecule has 0 saturated carbocycles. The molecule has 0 saturated heterocycles. The summed E-state index contributed by atoms with van der Waals surface area (Å²) >= 11 is 0. The molecule has 0 aliphatic rings. The van der Waals surface area contributed by atoms with Crippen molar-refractivity contribution in [2.75, 3.05) is 5.75 Å². The molecule has 1 atom stereocenters. The quantitative estimate of drug-likeness (QED) is 0.508. The number of nitrogens with two attached hydrogens (primary N) is 1. The highest BCUT2D eigenvalue weighted by atomic mass is 32.2. The van der Waals surface area contributed by atoms with Gasteiger partial charge in [-0.1, -0.05) is 6.07 Å². The molecule has 0 aliphatic heterocycles. The van der Waals surface area contributed by atoms with Crippen molar-refractivity contribution in [1.29, 1.82) is 0 Å². The third kappa shape index (κ3) is 6.24. The molecule has 0 radical (unpaired) electrons. The second kappa shape index (κ2) is 8.48. The fraction of sp³-hybridized carbons (Fsp3) is 0.263. The average molecular weight is 474 g/mol. The lowest BCUT2D eigenvalue weighted by atomic mass is 10.0. The molecule has 172 valence electrons. The van der Waals surface area contributed by atoms with Crippen molar-refractivity contribution >= 4 is 10.0 Å². The first kappa shape index (κ1) is 23.6. The normalized spacial score (nSPS) is 14.2. The fourth-order valence-electron chi connectivity index (χ4n) is 2.97. The second-order valence-corrected chi connectivity index (χ2v) is 8.80. The Labute approximate surface area is 180 Å². The molecule has 32 heavy (non-hydrogen) atoms. The summed E-state index contributed by atoms with van der Waals surface area (Å²) in [6.07, 6.45) is -3.45. The van der Waals surface area contributed by atoms with E-state index in [9.17, 15) is 31.1 Å². The Morgan fingerprint density at radius 3 is 2.53 bits per heavy atom. The molecule has 0 spiro atoms. The minimum atomic E-state index is -4.91. The summed E-state index contributed by atoms with van der Waals surface area (Å²) in [5.41, 5.74) is -1.30. The zero-order valence-electron chi connectivity index (χ0n) is 16.5. The van der Waals surface area contributed by atoms with E-state index in [1.807, 2.05) is 0 Å². The summed E-state index contributed by atoms with van der Waals surface area (Å²) in [6, 6.07) is 8.69. The van der Waals surface area contributed by atoms with Gasteiger partial charge in [0.05, 0.1) is 23.7 Å². The smallest absolute Gasteiger partial charge is 0.406 e. The van der Waals surface area contributed by atoms with Gasteiger partial charge < -0.3 is 9.84 Å². The van der Waals surface area contributed by atoms with E-state index in [1.54, 1.807) is 6.07 Å². The van der Waals surface area contributed by atoms with Crippen molar-refractivity contribution in [2.45, 2.75) is 25.4 Å². The van der Waals surface area contributed by atoms with E-state index in [-0.39, 0.29) is 23.5 Å². The van der Waals surface area contributed by atoms with Crippen LogP contribution in [0.2, 0.25) is 0 Å². The van der Waals surface area contributed by atoms with Crippen LogP contribution in [0.5, 0.6) is 5.75 Å². The van der Waals surface area contributed by atoms with E-state index in [4.69, 9.17) is 5.14 Å². The Balaban J connectivity index is 1.84. The summed E-state index contributed by atoms with van der Waals surface area (Å²) in [7, 11) is -3.98. The van der Waals surface area contributed by atoms with Gasteiger partial charge in [-0.3, -0.25) is 4.68 Å². The number of aliphatic hydroxyl groups is 1. The highest BCUT2D eigenvalue weighted by Crippen LogP contribution is 2.26. The molecule has 2 aromatic heterocycles. The Bertz CT molecular complexity index is 1230. The van der Waals surface area contributed by atoms with Gasteiger partial charge in [-0.15, -0.1) is 13.2 Å². The van der Waals surface area contributed by atoms with Crippen LogP contribution >= 0.6 is 0 Å². The molecule has 0 amide bonds. The number of primary sulfonamides is 1. The molecule has 0 bridgehead atoms. The first-order valence-electron chi connectivity index (χ1n) is 9.00. The lowest BCUT2D eigenvalue weighted by Gasteiger charge is -2.21. The van der Waals surface area contributed by atoms with Crippen molar-refractivity contribution in [1.82, 2.24) is 14.8 Å². The van der Waals surface area contributed by atoms with Crippen molar-refractivity contribution in [2.24, 2.45) is 5.14 Å². The molecule has 13 heteroatoms. The number of rotatable bonds is 7. The van der Waals surface area contributed by atoms with E-state index >= 15 is 0 Å². The second-order valence-electron chi connectivity index (χ2n) is 7.19. The Kier molecular flexibility index (Phi) is 6.26. The van der Waals surface area contributed by atoms with Crippen LogP contribution in [0.25, 0.3) is 11.4 Å². The zero-order chi connectivity index (χ0) is 23.7. The Morgan fingerprint density at radius 1 is 1.16 bits per heavy atom. The third-order valence-corrected chi connectivity index (χ3v) is 5.23. The van der Waals surface area contributed by atoms with Gasteiger partial charge in [-0.25, -0.2) is 22.9 Å². The molecule has 1 unspecified atom stereocenters. The van der Waals surface area contributed by atoms with Gasteiger partial charge in [-0.05, 0) is 43.3 Å². The predicted molar refractivity (Wildman–Crippen MR) is 105 cm³/mol. The Morgan fingerprint density at radius 2 is 1.88 bits per heavy atom. The summed E-state index contributed by atoms with van der Waals surface area (Å²) < 4.78 is 79.1. The molecule has 0 fully saturated rings. The summed E-state index contributed by atoms with van der Waals surface area (Å²) in [4.78, 5) is 4.23. The van der Waals surface area contributed by atoms with Crippen LogP contribution in [-0.4, -0.2) is 40.4 Å². The minimum absolute atomic E-state index is 0.0432. The summed E-state index contributed by atoms with van der Waals surface area (Å²) in [5.74, 6) is -2.05. The van der Waals surface area contributed by atoms with Gasteiger partial charge in [-0.2, -0.15) is 5.10 Å². The van der Waals surface area contributed by atoms with E-state index in [0.29, 0.717) is 5.69 Å². The van der Waals surface area contributed by atoms with Gasteiger partial charge in [0.15, 0.2) is 0 Å². The van der Waals surface area contributed by atoms with Crippen LogP contribution in [0.15, 0.2) is 48.7 Å². The zero-order valence-corrected chi connectivity index (χ0v) is 17.4. The lowest BCUT2D eigenvalue weighted by molar-refractivity contribution is -0.274. The average Bonchev–Trinajstić information content (AvgIpc) is 3.10. The maximum absolute atomic E-state index is 14.1. The number of hydrogen-bond acceptors (Lipinski definition) is 6. The number of benzene rings is 1. The molecule has 3 aromatic rings. The van der Waals surface area contributed by atoms with Crippen LogP contribution < -0.4 is 9.88 Å². The molecule has 3 rings (SSSR count). The van der Waals surface area contributed by atoms with Gasteiger partial charge >= 0.3 is 6.36 Å². The van der Waals surface area contributed by atoms with Gasteiger partial charge in [0.25, 0.3) is 0 Å². The molecule has 3 N–H and O–H groups in total. The van der Waals surface area contributed by atoms with Crippen LogP contribution in [0.4, 0.5) is 17.6 Å².